The van der Waals surface area contributed by atoms with E-state index in [0.29, 0.717) is 17.9 Å². The second kappa shape index (κ2) is 8.34. The van der Waals surface area contributed by atoms with E-state index in [1.165, 1.54) is 0 Å². The average Bonchev–Trinajstić information content (AvgIpc) is 2.69. The van der Waals surface area contributed by atoms with Gasteiger partial charge in [-0.2, -0.15) is 21.6 Å². The van der Waals surface area contributed by atoms with E-state index in [9.17, 15) is 26.4 Å². The van der Waals surface area contributed by atoms with E-state index in [2.05, 4.69) is 15.0 Å². The van der Waals surface area contributed by atoms with E-state index in [4.69, 9.17) is 4.74 Å². The van der Waals surface area contributed by atoms with Crippen molar-refractivity contribution < 1.29 is 31.1 Å². The third kappa shape index (κ3) is 5.09. The number of halogens is 3. The Morgan fingerprint density at radius 2 is 1.87 bits per heavy atom. The molecule has 0 fully saturated rings. The van der Waals surface area contributed by atoms with E-state index in [1.54, 1.807) is 31.4 Å². The van der Waals surface area contributed by atoms with Crippen molar-refractivity contribution in [2.75, 3.05) is 12.4 Å². The molecule has 0 unspecified atom stereocenters. The van der Waals surface area contributed by atoms with Crippen LogP contribution in [0.2, 0.25) is 0 Å². The molecule has 1 aliphatic heterocycles. The number of carbonyl (C=O) groups is 1. The highest BCUT2D eigenvalue weighted by molar-refractivity contribution is 7.90. The van der Waals surface area contributed by atoms with Crippen molar-refractivity contribution in [2.24, 2.45) is 4.40 Å². The molecule has 3 rings (SSSR count). The number of alkyl halides is 3. The molecule has 0 radical (unpaired) electrons. The largest absolute Gasteiger partial charge is 0.497 e. The highest BCUT2D eigenvalue weighted by atomic mass is 32.2. The number of amides is 1. The lowest BCUT2D eigenvalue weighted by Crippen LogP contribution is -2.26. The fourth-order valence-corrected chi connectivity index (χ4v) is 3.93. The Hall–Kier alpha value is -3.08. The predicted octanol–water partition coefficient (Wildman–Crippen LogP) is 3.32. The highest BCUT2D eigenvalue weighted by Crippen LogP contribution is 2.35. The molecule has 1 aliphatic rings. The minimum atomic E-state index is -4.61. The van der Waals surface area contributed by atoms with Gasteiger partial charge in [0.05, 0.1) is 18.4 Å². The number of rotatable bonds is 6. The summed E-state index contributed by atoms with van der Waals surface area (Å²) < 4.78 is 71.8. The third-order valence-electron chi connectivity index (χ3n) is 4.33. The smallest absolute Gasteiger partial charge is 0.416 e. The molecule has 11 heteroatoms. The van der Waals surface area contributed by atoms with Gasteiger partial charge in [0.1, 0.15) is 16.5 Å². The number of fused-ring (bicyclic) bond motifs is 1. The summed E-state index contributed by atoms with van der Waals surface area (Å²) >= 11 is 0. The molecule has 0 atom stereocenters. The zero-order valence-electron chi connectivity index (χ0n) is 15.8. The molecule has 30 heavy (non-hydrogen) atoms. The molecule has 2 N–H and O–H groups in total. The summed E-state index contributed by atoms with van der Waals surface area (Å²) in [7, 11) is -2.61. The molecule has 0 spiro atoms. The average molecular weight is 441 g/mol. The number of methoxy groups -OCH3 is 1. The van der Waals surface area contributed by atoms with E-state index in [-0.39, 0.29) is 41.7 Å². The number of carbonyl (C=O) groups excluding carboxylic acids is 1. The van der Waals surface area contributed by atoms with Gasteiger partial charge >= 0.3 is 6.18 Å². The van der Waals surface area contributed by atoms with Crippen LogP contribution < -0.4 is 15.4 Å². The number of sulfonamides is 1. The Kier molecular flexibility index (Phi) is 6.01. The Labute approximate surface area is 171 Å². The van der Waals surface area contributed by atoms with Gasteiger partial charge in [-0.3, -0.25) is 4.79 Å². The van der Waals surface area contributed by atoms with Gasteiger partial charge in [0, 0.05) is 19.4 Å². The van der Waals surface area contributed by atoms with Gasteiger partial charge in [-0.25, -0.2) is 0 Å². The summed E-state index contributed by atoms with van der Waals surface area (Å²) in [5.41, 5.74) is -0.357. The summed E-state index contributed by atoms with van der Waals surface area (Å²) in [4.78, 5) is 11.7. The number of anilines is 1. The van der Waals surface area contributed by atoms with E-state index >= 15 is 0 Å². The molecule has 0 aromatic heterocycles. The van der Waals surface area contributed by atoms with Crippen molar-refractivity contribution >= 4 is 27.5 Å². The van der Waals surface area contributed by atoms with E-state index < -0.39 is 21.8 Å². The molecule has 0 aliphatic carbocycles. The van der Waals surface area contributed by atoms with Crippen LogP contribution in [0.15, 0.2) is 51.8 Å². The first kappa shape index (κ1) is 21.6. The van der Waals surface area contributed by atoms with E-state index in [0.717, 1.165) is 11.6 Å². The van der Waals surface area contributed by atoms with Gasteiger partial charge in [0.2, 0.25) is 5.91 Å². The number of nitrogens with one attached hydrogen (secondary N) is 2. The molecule has 7 nitrogen and oxygen atoms in total. The number of amidine groups is 1. The Morgan fingerprint density at radius 3 is 2.50 bits per heavy atom. The number of hydrogen-bond donors (Lipinski definition) is 2. The molecule has 2 aromatic rings. The second-order valence-corrected chi connectivity index (χ2v) is 8.04. The van der Waals surface area contributed by atoms with Crippen LogP contribution in [0.25, 0.3) is 0 Å². The van der Waals surface area contributed by atoms with Crippen molar-refractivity contribution in [3.05, 3.63) is 53.6 Å². The van der Waals surface area contributed by atoms with Crippen molar-refractivity contribution in [1.29, 1.82) is 0 Å². The van der Waals surface area contributed by atoms with Crippen LogP contribution in [0.4, 0.5) is 18.9 Å². The summed E-state index contributed by atoms with van der Waals surface area (Å²) in [5.74, 6) is 0.227. The predicted molar refractivity (Wildman–Crippen MR) is 104 cm³/mol. The topological polar surface area (TPSA) is 96.9 Å². The zero-order valence-corrected chi connectivity index (χ0v) is 16.6. The van der Waals surface area contributed by atoms with Crippen molar-refractivity contribution in [3.8, 4) is 5.75 Å². The summed E-state index contributed by atoms with van der Waals surface area (Å²) in [6.45, 7) is 0.263. The monoisotopic (exact) mass is 441 g/mol. The lowest BCUT2D eigenvalue weighted by Gasteiger charge is -2.19. The lowest BCUT2D eigenvalue weighted by molar-refractivity contribution is -0.137. The molecule has 0 saturated carbocycles. The molecule has 2 aromatic carbocycles. The molecule has 0 bridgehead atoms. The quantitative estimate of drug-likeness (QED) is 0.717. The van der Waals surface area contributed by atoms with Gasteiger partial charge in [-0.05, 0) is 35.9 Å². The number of benzene rings is 2. The molecule has 1 amide bonds. The summed E-state index contributed by atoms with van der Waals surface area (Å²) in [5, 5.41) is 5.27. The van der Waals surface area contributed by atoms with Gasteiger partial charge in [-0.1, -0.05) is 12.1 Å². The SMILES string of the molecule is COc1ccc(CNC(=O)CCC2=NS(=O)(=O)c3ccc(C(F)(F)F)cc3N2)cc1. The van der Waals surface area contributed by atoms with Crippen LogP contribution in [0.3, 0.4) is 0 Å². The van der Waals surface area contributed by atoms with Crippen LogP contribution >= 0.6 is 0 Å². The summed E-state index contributed by atoms with van der Waals surface area (Å²) in [6, 6.07) is 9.33. The van der Waals surface area contributed by atoms with Crippen molar-refractivity contribution in [3.63, 3.8) is 0 Å². The molecule has 1 heterocycles. The third-order valence-corrected chi connectivity index (χ3v) is 5.70. The Balaban J connectivity index is 1.62. The number of nitrogens with zero attached hydrogens (tertiary/aromatic N) is 1. The van der Waals surface area contributed by atoms with Gasteiger partial charge in [0.25, 0.3) is 10.0 Å². The molecule has 0 saturated heterocycles. The van der Waals surface area contributed by atoms with Crippen LogP contribution in [-0.4, -0.2) is 27.3 Å². The van der Waals surface area contributed by atoms with Gasteiger partial charge in [-0.15, -0.1) is 4.40 Å². The first-order chi connectivity index (χ1) is 14.1. The zero-order chi connectivity index (χ0) is 21.9. The van der Waals surface area contributed by atoms with Gasteiger partial charge < -0.3 is 15.4 Å². The van der Waals surface area contributed by atoms with Crippen LogP contribution in [-0.2, 0) is 27.5 Å². The second-order valence-electron chi connectivity index (χ2n) is 6.47. The number of hydrogen-bond acceptors (Lipinski definition) is 5. The maximum Gasteiger partial charge on any atom is 0.416 e. The van der Waals surface area contributed by atoms with Crippen molar-refractivity contribution in [1.82, 2.24) is 5.32 Å². The fraction of sp³-hybridized carbons (Fsp3) is 0.263. The Morgan fingerprint density at radius 1 is 1.17 bits per heavy atom. The molecule has 160 valence electrons. The minimum Gasteiger partial charge on any atom is -0.497 e. The number of ether oxygens (including phenoxy) is 1. The summed E-state index contributed by atoms with van der Waals surface area (Å²) in [6.07, 6.45) is -4.79. The van der Waals surface area contributed by atoms with Gasteiger partial charge in [0.15, 0.2) is 0 Å². The molecular weight excluding hydrogens is 423 g/mol. The van der Waals surface area contributed by atoms with Crippen LogP contribution in [0.1, 0.15) is 24.0 Å². The maximum absolute atomic E-state index is 12.9. The highest BCUT2D eigenvalue weighted by Gasteiger charge is 2.33. The van der Waals surface area contributed by atoms with Crippen LogP contribution in [0.5, 0.6) is 5.75 Å². The first-order valence-electron chi connectivity index (χ1n) is 8.80. The Bertz CT molecular complexity index is 1080. The lowest BCUT2D eigenvalue weighted by atomic mass is 10.1. The van der Waals surface area contributed by atoms with Crippen LogP contribution in [0, 0.1) is 0 Å². The molecular formula is C19H18F3N3O4S. The standard InChI is InChI=1S/C19H18F3N3O4S/c1-29-14-5-2-12(3-6-14)11-23-18(26)9-8-17-24-15-10-13(19(20,21)22)4-7-16(15)30(27,28)25-17/h2-7,10H,8-9,11H2,1H3,(H,23,26)(H,24,25). The fourth-order valence-electron chi connectivity index (χ4n) is 2.77. The van der Waals surface area contributed by atoms with E-state index in [1.807, 2.05) is 0 Å². The normalized spacial score (nSPS) is 14.9. The first-order valence-corrected chi connectivity index (χ1v) is 10.2. The minimum absolute atomic E-state index is 0.0800. The maximum atomic E-state index is 12.9. The van der Waals surface area contributed by atoms with Crippen molar-refractivity contribution in [2.45, 2.75) is 30.5 Å².